The van der Waals surface area contributed by atoms with E-state index in [4.69, 9.17) is 16.6 Å². The van der Waals surface area contributed by atoms with Gasteiger partial charge < -0.3 is 9.73 Å². The number of carbonyl (C=O) groups is 1. The zero-order valence-electron chi connectivity index (χ0n) is 12.0. The molecule has 0 fully saturated rings. The summed E-state index contributed by atoms with van der Waals surface area (Å²) in [4.78, 5) is 13.6. The maximum Gasteiger partial charge on any atom is 0.270 e. The van der Waals surface area contributed by atoms with E-state index in [2.05, 4.69) is 16.2 Å². The number of thiocarbonyl (C=S) groups is 1. The van der Waals surface area contributed by atoms with Crippen LogP contribution in [0.2, 0.25) is 0 Å². The minimum atomic E-state index is -0.137. The number of hydrogen-bond acceptors (Lipinski definition) is 4. The summed E-state index contributed by atoms with van der Waals surface area (Å²) in [7, 11) is 0. The van der Waals surface area contributed by atoms with Crippen LogP contribution in [0.25, 0.3) is 0 Å². The Morgan fingerprint density at radius 3 is 3.00 bits per heavy atom. The fourth-order valence-corrected chi connectivity index (χ4v) is 3.74. The predicted molar refractivity (Wildman–Crippen MR) is 89.7 cm³/mol. The van der Waals surface area contributed by atoms with Gasteiger partial charge in [-0.15, -0.1) is 11.3 Å². The second-order valence-corrected chi connectivity index (χ2v) is 6.47. The molecule has 0 bridgehead atoms. The van der Waals surface area contributed by atoms with Gasteiger partial charge in [0.1, 0.15) is 5.76 Å². The molecule has 0 saturated carbocycles. The van der Waals surface area contributed by atoms with E-state index in [1.807, 2.05) is 17.5 Å². The van der Waals surface area contributed by atoms with Gasteiger partial charge in [-0.1, -0.05) is 0 Å². The summed E-state index contributed by atoms with van der Waals surface area (Å²) in [5.74, 6) is 0.643. The highest BCUT2D eigenvalue weighted by atomic mass is 32.1. The van der Waals surface area contributed by atoms with Gasteiger partial charge in [0.2, 0.25) is 0 Å². The molecule has 22 heavy (non-hydrogen) atoms. The monoisotopic (exact) mass is 335 g/mol. The van der Waals surface area contributed by atoms with Crippen molar-refractivity contribution in [1.82, 2.24) is 16.2 Å². The summed E-state index contributed by atoms with van der Waals surface area (Å²) in [6.07, 6.45) is 6.05. The van der Waals surface area contributed by atoms with Crippen molar-refractivity contribution in [3.63, 3.8) is 0 Å². The Hall–Kier alpha value is -1.86. The van der Waals surface area contributed by atoms with Gasteiger partial charge in [0.05, 0.1) is 18.4 Å². The quantitative estimate of drug-likeness (QED) is 0.594. The van der Waals surface area contributed by atoms with E-state index in [1.165, 1.54) is 16.9 Å². The Labute approximate surface area is 138 Å². The Bertz CT molecular complexity index is 664. The molecule has 1 aliphatic rings. The minimum absolute atomic E-state index is 0.137. The van der Waals surface area contributed by atoms with E-state index < -0.39 is 0 Å². The van der Waals surface area contributed by atoms with Crippen molar-refractivity contribution in [1.29, 1.82) is 0 Å². The molecule has 0 radical (unpaired) electrons. The van der Waals surface area contributed by atoms with Crippen LogP contribution in [0.4, 0.5) is 0 Å². The number of amides is 1. The number of rotatable bonds is 3. The summed E-state index contributed by atoms with van der Waals surface area (Å²) in [6.45, 7) is 0.475. The summed E-state index contributed by atoms with van der Waals surface area (Å²) in [5, 5.41) is 5.25. The second-order valence-electron chi connectivity index (χ2n) is 5.10. The van der Waals surface area contributed by atoms with E-state index in [9.17, 15) is 4.79 Å². The zero-order chi connectivity index (χ0) is 15.4. The van der Waals surface area contributed by atoms with Crippen LogP contribution in [-0.4, -0.2) is 11.0 Å². The van der Waals surface area contributed by atoms with Gasteiger partial charge in [0, 0.05) is 10.3 Å². The van der Waals surface area contributed by atoms with Crippen LogP contribution < -0.4 is 16.2 Å². The third-order valence-electron chi connectivity index (χ3n) is 3.60. The van der Waals surface area contributed by atoms with Crippen LogP contribution in [0.5, 0.6) is 0 Å². The molecule has 0 unspecified atom stereocenters. The minimum Gasteiger partial charge on any atom is -0.467 e. The number of carbonyl (C=O) groups excluding carboxylic acids is 1. The van der Waals surface area contributed by atoms with Gasteiger partial charge in [-0.2, -0.15) is 0 Å². The Morgan fingerprint density at radius 1 is 1.32 bits per heavy atom. The van der Waals surface area contributed by atoms with Crippen LogP contribution in [0.3, 0.4) is 0 Å². The molecule has 0 aliphatic heterocycles. The predicted octanol–water partition coefficient (Wildman–Crippen LogP) is 2.53. The molecule has 5 nitrogen and oxygen atoms in total. The summed E-state index contributed by atoms with van der Waals surface area (Å²) < 4.78 is 5.19. The van der Waals surface area contributed by atoms with Gasteiger partial charge in [-0.05, 0) is 55.6 Å². The lowest BCUT2D eigenvalue weighted by atomic mass is 9.96. The molecule has 116 valence electrons. The topological polar surface area (TPSA) is 66.3 Å². The van der Waals surface area contributed by atoms with E-state index in [0.717, 1.165) is 30.6 Å². The fraction of sp³-hybridized carbons (Fsp3) is 0.333. The van der Waals surface area contributed by atoms with Crippen molar-refractivity contribution in [2.75, 3.05) is 0 Å². The SMILES string of the molecule is O=C(NNC(=S)NCc1ccco1)c1csc2c1CCCC2. The maximum atomic E-state index is 12.2. The van der Waals surface area contributed by atoms with E-state index >= 15 is 0 Å². The van der Waals surface area contributed by atoms with Crippen LogP contribution >= 0.6 is 23.6 Å². The molecule has 2 aromatic rings. The first-order valence-electron chi connectivity index (χ1n) is 7.20. The molecule has 0 saturated heterocycles. The van der Waals surface area contributed by atoms with E-state index in [1.54, 1.807) is 17.6 Å². The Morgan fingerprint density at radius 2 is 2.18 bits per heavy atom. The lowest BCUT2D eigenvalue weighted by Crippen LogP contribution is -2.46. The van der Waals surface area contributed by atoms with Crippen molar-refractivity contribution in [2.24, 2.45) is 0 Å². The summed E-state index contributed by atoms with van der Waals surface area (Å²) >= 11 is 6.79. The highest BCUT2D eigenvalue weighted by Gasteiger charge is 2.20. The van der Waals surface area contributed by atoms with Crippen molar-refractivity contribution >= 4 is 34.6 Å². The normalized spacial score (nSPS) is 13.3. The van der Waals surface area contributed by atoms with Crippen molar-refractivity contribution < 1.29 is 9.21 Å². The third kappa shape index (κ3) is 3.48. The van der Waals surface area contributed by atoms with E-state index in [0.29, 0.717) is 11.7 Å². The third-order valence-corrected chi connectivity index (χ3v) is 4.93. The van der Waals surface area contributed by atoms with Gasteiger partial charge in [-0.3, -0.25) is 15.6 Å². The molecule has 3 rings (SSSR count). The number of hydrogen-bond donors (Lipinski definition) is 3. The molecule has 2 heterocycles. The molecule has 2 aromatic heterocycles. The largest absolute Gasteiger partial charge is 0.467 e. The van der Waals surface area contributed by atoms with Crippen molar-refractivity contribution in [3.05, 3.63) is 45.5 Å². The van der Waals surface area contributed by atoms with Crippen LogP contribution in [0, 0.1) is 0 Å². The molecule has 7 heteroatoms. The number of nitrogens with one attached hydrogen (secondary N) is 3. The first-order chi connectivity index (χ1) is 10.7. The number of furan rings is 1. The zero-order valence-corrected chi connectivity index (χ0v) is 13.6. The van der Waals surface area contributed by atoms with Gasteiger partial charge in [0.25, 0.3) is 5.91 Å². The smallest absolute Gasteiger partial charge is 0.270 e. The number of hydrazine groups is 1. The number of thiophene rings is 1. The average Bonchev–Trinajstić information content (AvgIpc) is 3.19. The van der Waals surface area contributed by atoms with Gasteiger partial charge in [0.15, 0.2) is 5.11 Å². The molecular formula is C15H17N3O2S2. The standard InChI is InChI=1S/C15H17N3O2S2/c19-14(12-9-22-13-6-2-1-5-11(12)13)17-18-15(21)16-8-10-4-3-7-20-10/h3-4,7,9H,1-2,5-6,8H2,(H,17,19)(H2,16,18,21). The lowest BCUT2D eigenvalue weighted by Gasteiger charge is -2.14. The van der Waals surface area contributed by atoms with Gasteiger partial charge >= 0.3 is 0 Å². The van der Waals surface area contributed by atoms with Crippen molar-refractivity contribution in [2.45, 2.75) is 32.2 Å². The van der Waals surface area contributed by atoms with Crippen molar-refractivity contribution in [3.8, 4) is 0 Å². The average molecular weight is 335 g/mol. The van der Waals surface area contributed by atoms with Crippen LogP contribution in [0.1, 0.15) is 39.4 Å². The Kier molecular flexibility index (Phi) is 4.74. The lowest BCUT2D eigenvalue weighted by molar-refractivity contribution is 0.0943. The molecule has 0 spiro atoms. The molecule has 3 N–H and O–H groups in total. The Balaban J connectivity index is 1.49. The number of fused-ring (bicyclic) bond motifs is 1. The highest BCUT2D eigenvalue weighted by molar-refractivity contribution is 7.80. The first kappa shape index (κ1) is 15.1. The molecule has 0 atom stereocenters. The maximum absolute atomic E-state index is 12.2. The molecule has 0 aromatic carbocycles. The number of aryl methyl sites for hydroxylation is 1. The van der Waals surface area contributed by atoms with Crippen LogP contribution in [0.15, 0.2) is 28.2 Å². The van der Waals surface area contributed by atoms with Crippen LogP contribution in [-0.2, 0) is 19.4 Å². The second kappa shape index (κ2) is 6.93. The van der Waals surface area contributed by atoms with E-state index in [-0.39, 0.29) is 5.91 Å². The summed E-state index contributed by atoms with van der Waals surface area (Å²) in [5.41, 5.74) is 7.34. The molecular weight excluding hydrogens is 318 g/mol. The van der Waals surface area contributed by atoms with Gasteiger partial charge in [-0.25, -0.2) is 0 Å². The first-order valence-corrected chi connectivity index (χ1v) is 8.48. The molecule has 1 aliphatic carbocycles. The summed E-state index contributed by atoms with van der Waals surface area (Å²) in [6, 6.07) is 3.67. The highest BCUT2D eigenvalue weighted by Crippen LogP contribution is 2.29. The fourth-order valence-electron chi connectivity index (χ4n) is 2.49. The molecule has 1 amide bonds.